The summed E-state index contributed by atoms with van der Waals surface area (Å²) in [7, 11) is 0. The first-order valence-electron chi connectivity index (χ1n) is 15.3. The van der Waals surface area contributed by atoms with Crippen LogP contribution in [-0.4, -0.2) is 31.1 Å². The fourth-order valence-electron chi connectivity index (χ4n) is 4.63. The molecule has 0 aliphatic rings. The lowest BCUT2D eigenvalue weighted by Crippen LogP contribution is -2.24. The molecule has 0 bridgehead atoms. The molecule has 8 heteroatoms. The molecule has 0 heterocycles. The van der Waals surface area contributed by atoms with E-state index in [2.05, 4.69) is 27.7 Å². The van der Waals surface area contributed by atoms with Gasteiger partial charge in [0.25, 0.3) is 0 Å². The van der Waals surface area contributed by atoms with Gasteiger partial charge in [-0.25, -0.2) is 9.59 Å². The van der Waals surface area contributed by atoms with E-state index in [4.69, 9.17) is 24.7 Å². The molecular formula is C36H45NO7. The first kappa shape index (κ1) is 34.2. The number of ether oxygens (including phenoxy) is 4. The highest BCUT2D eigenvalue weighted by atomic mass is 16.5. The van der Waals surface area contributed by atoms with Gasteiger partial charge in [-0.15, -0.1) is 0 Å². The predicted molar refractivity (Wildman–Crippen MR) is 171 cm³/mol. The van der Waals surface area contributed by atoms with Gasteiger partial charge >= 0.3 is 17.9 Å². The summed E-state index contributed by atoms with van der Waals surface area (Å²) in [4.78, 5) is 37.5. The summed E-state index contributed by atoms with van der Waals surface area (Å²) in [5, 5.41) is 0. The number of nitrogens with two attached hydrogens (primary N) is 1. The smallest absolute Gasteiger partial charge is 0.343 e. The Morgan fingerprint density at radius 1 is 0.705 bits per heavy atom. The van der Waals surface area contributed by atoms with Crippen LogP contribution in [0.3, 0.4) is 0 Å². The Labute approximate surface area is 260 Å². The van der Waals surface area contributed by atoms with E-state index in [0.717, 1.165) is 37.7 Å². The van der Waals surface area contributed by atoms with Gasteiger partial charge in [0.1, 0.15) is 17.2 Å². The SMILES string of the molecule is Cc1cc(N)ccc1OC(=O)c1ccc(OC(=O)c2ccc(OCCCCCCOC(=O)C(CC(C)C)C(C)C)cc2)cc1. The van der Waals surface area contributed by atoms with Crippen LogP contribution in [0.2, 0.25) is 0 Å². The van der Waals surface area contributed by atoms with Gasteiger partial charge in [0, 0.05) is 5.69 Å². The van der Waals surface area contributed by atoms with Gasteiger partial charge < -0.3 is 24.7 Å². The zero-order chi connectivity index (χ0) is 32.1. The van der Waals surface area contributed by atoms with E-state index in [1.165, 1.54) is 12.1 Å². The Morgan fingerprint density at radius 3 is 1.84 bits per heavy atom. The fourth-order valence-corrected chi connectivity index (χ4v) is 4.63. The molecule has 0 amide bonds. The molecule has 3 aromatic carbocycles. The van der Waals surface area contributed by atoms with Crippen LogP contribution >= 0.6 is 0 Å². The zero-order valence-corrected chi connectivity index (χ0v) is 26.5. The minimum absolute atomic E-state index is 0.0351. The number of rotatable bonds is 16. The molecule has 3 aromatic rings. The van der Waals surface area contributed by atoms with Gasteiger partial charge in [-0.1, -0.05) is 27.7 Å². The maximum atomic E-state index is 12.6. The predicted octanol–water partition coefficient (Wildman–Crippen LogP) is 7.82. The first-order valence-corrected chi connectivity index (χ1v) is 15.3. The number of unbranched alkanes of at least 4 members (excludes halogenated alkanes) is 3. The molecule has 3 rings (SSSR count). The van der Waals surface area contributed by atoms with Crippen LogP contribution in [0.15, 0.2) is 66.7 Å². The molecule has 0 aromatic heterocycles. The average molecular weight is 604 g/mol. The van der Waals surface area contributed by atoms with Crippen LogP contribution in [0.4, 0.5) is 5.69 Å². The molecule has 0 aliphatic heterocycles. The first-order chi connectivity index (χ1) is 21.0. The lowest BCUT2D eigenvalue weighted by molar-refractivity contribution is -0.151. The van der Waals surface area contributed by atoms with Crippen LogP contribution < -0.4 is 19.9 Å². The monoisotopic (exact) mass is 603 g/mol. The Bertz CT molecular complexity index is 1360. The fraction of sp³-hybridized carbons (Fsp3) is 0.417. The number of nitrogen functional groups attached to an aromatic ring is 1. The van der Waals surface area contributed by atoms with E-state index in [9.17, 15) is 14.4 Å². The quantitative estimate of drug-likeness (QED) is 0.0763. The molecule has 0 saturated heterocycles. The molecule has 2 N–H and O–H groups in total. The second-order valence-electron chi connectivity index (χ2n) is 11.8. The number of carbonyl (C=O) groups excluding carboxylic acids is 3. The maximum absolute atomic E-state index is 12.6. The third-order valence-electron chi connectivity index (χ3n) is 7.18. The summed E-state index contributed by atoms with van der Waals surface area (Å²) in [5.41, 5.74) is 7.79. The second kappa shape index (κ2) is 17.1. The average Bonchev–Trinajstić information content (AvgIpc) is 2.99. The van der Waals surface area contributed by atoms with Crippen molar-refractivity contribution >= 4 is 23.6 Å². The van der Waals surface area contributed by atoms with Crippen molar-refractivity contribution in [3.63, 3.8) is 0 Å². The van der Waals surface area contributed by atoms with E-state index in [0.29, 0.717) is 53.2 Å². The summed E-state index contributed by atoms with van der Waals surface area (Å²) < 4.78 is 22.2. The summed E-state index contributed by atoms with van der Waals surface area (Å²) in [6.45, 7) is 11.2. The highest BCUT2D eigenvalue weighted by Gasteiger charge is 2.24. The Kier molecular flexibility index (Phi) is 13.3. The van der Waals surface area contributed by atoms with Crippen molar-refractivity contribution in [2.75, 3.05) is 18.9 Å². The van der Waals surface area contributed by atoms with Gasteiger partial charge in [-0.3, -0.25) is 4.79 Å². The van der Waals surface area contributed by atoms with E-state index in [1.807, 2.05) is 6.92 Å². The number of hydrogen-bond donors (Lipinski definition) is 1. The summed E-state index contributed by atoms with van der Waals surface area (Å²) in [6.07, 6.45) is 4.51. The highest BCUT2D eigenvalue weighted by Crippen LogP contribution is 2.24. The maximum Gasteiger partial charge on any atom is 0.343 e. The summed E-state index contributed by atoms with van der Waals surface area (Å²) in [6, 6.07) is 18.0. The van der Waals surface area contributed by atoms with E-state index >= 15 is 0 Å². The van der Waals surface area contributed by atoms with Crippen molar-refractivity contribution < 1.29 is 33.3 Å². The van der Waals surface area contributed by atoms with Gasteiger partial charge in [-0.2, -0.15) is 0 Å². The normalized spacial score (nSPS) is 11.7. The minimum atomic E-state index is -0.524. The summed E-state index contributed by atoms with van der Waals surface area (Å²) >= 11 is 0. The molecule has 1 unspecified atom stereocenters. The van der Waals surface area contributed by atoms with Crippen molar-refractivity contribution in [2.45, 2.75) is 66.7 Å². The van der Waals surface area contributed by atoms with Crippen LogP contribution in [0, 0.1) is 24.7 Å². The molecular weight excluding hydrogens is 558 g/mol. The number of benzene rings is 3. The molecule has 8 nitrogen and oxygen atoms in total. The number of esters is 3. The number of carbonyl (C=O) groups is 3. The van der Waals surface area contributed by atoms with E-state index < -0.39 is 11.9 Å². The molecule has 0 spiro atoms. The molecule has 1 atom stereocenters. The van der Waals surface area contributed by atoms with E-state index in [1.54, 1.807) is 54.6 Å². The molecule has 0 radical (unpaired) electrons. The third kappa shape index (κ3) is 11.1. The van der Waals surface area contributed by atoms with Crippen molar-refractivity contribution in [1.29, 1.82) is 0 Å². The number of anilines is 1. The van der Waals surface area contributed by atoms with Crippen LogP contribution in [0.25, 0.3) is 0 Å². The van der Waals surface area contributed by atoms with Gasteiger partial charge in [0.15, 0.2) is 0 Å². The molecule has 236 valence electrons. The summed E-state index contributed by atoms with van der Waals surface area (Å²) in [5.74, 6) is 0.996. The largest absolute Gasteiger partial charge is 0.494 e. The lowest BCUT2D eigenvalue weighted by atomic mass is 9.88. The zero-order valence-electron chi connectivity index (χ0n) is 26.5. The number of hydrogen-bond acceptors (Lipinski definition) is 8. The van der Waals surface area contributed by atoms with Crippen molar-refractivity contribution in [1.82, 2.24) is 0 Å². The Balaban J connectivity index is 1.34. The third-order valence-corrected chi connectivity index (χ3v) is 7.18. The Hall–Kier alpha value is -4.33. The second-order valence-corrected chi connectivity index (χ2v) is 11.8. The van der Waals surface area contributed by atoms with Crippen LogP contribution in [-0.2, 0) is 9.53 Å². The molecule has 0 saturated carbocycles. The van der Waals surface area contributed by atoms with Crippen molar-refractivity contribution in [3.8, 4) is 17.2 Å². The standard InChI is InChI=1S/C36H45NO7/c1-24(2)22-32(25(3)4)36(40)42-21-9-7-6-8-20-41-30-15-10-27(11-16-30)34(38)43-31-17-12-28(13-18-31)35(39)44-33-19-14-29(37)23-26(33)5/h10-19,23-25,32H,6-9,20-22,37H2,1-5H3. The van der Waals surface area contributed by atoms with Gasteiger partial charge in [0.2, 0.25) is 0 Å². The van der Waals surface area contributed by atoms with Gasteiger partial charge in [-0.05, 0) is 123 Å². The lowest BCUT2D eigenvalue weighted by Gasteiger charge is -2.21. The highest BCUT2D eigenvalue weighted by molar-refractivity contribution is 5.92. The molecule has 0 aliphatic carbocycles. The van der Waals surface area contributed by atoms with Crippen molar-refractivity contribution in [2.24, 2.45) is 17.8 Å². The molecule has 44 heavy (non-hydrogen) atoms. The van der Waals surface area contributed by atoms with Crippen molar-refractivity contribution in [3.05, 3.63) is 83.4 Å². The molecule has 0 fully saturated rings. The van der Waals surface area contributed by atoms with Gasteiger partial charge in [0.05, 0.1) is 30.3 Å². The van der Waals surface area contributed by atoms with E-state index in [-0.39, 0.29) is 17.8 Å². The van der Waals surface area contributed by atoms with Crippen LogP contribution in [0.5, 0.6) is 17.2 Å². The minimum Gasteiger partial charge on any atom is -0.494 e. The topological polar surface area (TPSA) is 114 Å². The van der Waals surface area contributed by atoms with Crippen LogP contribution in [0.1, 0.15) is 86.1 Å². The number of aryl methyl sites for hydroxylation is 1. The Morgan fingerprint density at radius 2 is 1.27 bits per heavy atom.